The number of benzene rings is 1. The molecule has 1 heterocycles. The maximum absolute atomic E-state index is 11.5. The van der Waals surface area contributed by atoms with Crippen LogP contribution >= 0.6 is 11.8 Å². The Morgan fingerprint density at radius 2 is 2.17 bits per heavy atom. The Balaban J connectivity index is 2.37. The summed E-state index contributed by atoms with van der Waals surface area (Å²) in [6.45, 7) is 2.96. The third-order valence-electron chi connectivity index (χ3n) is 3.41. The van der Waals surface area contributed by atoms with E-state index in [1.54, 1.807) is 17.8 Å². The van der Waals surface area contributed by atoms with Gasteiger partial charge in [-0.05, 0) is 31.0 Å². The lowest BCUT2D eigenvalue weighted by Gasteiger charge is -2.07. The van der Waals surface area contributed by atoms with Crippen molar-refractivity contribution in [2.75, 3.05) is 5.75 Å². The SMILES string of the molecule is CCCCn1c(SCCCC#N)nc2cc(S(N)(=O)=O)ccc21. The van der Waals surface area contributed by atoms with Crippen molar-refractivity contribution in [1.82, 2.24) is 9.55 Å². The molecule has 2 aromatic rings. The number of imidazole rings is 1. The van der Waals surface area contributed by atoms with Crippen molar-refractivity contribution in [3.8, 4) is 6.07 Å². The van der Waals surface area contributed by atoms with Gasteiger partial charge >= 0.3 is 0 Å². The van der Waals surface area contributed by atoms with Crippen molar-refractivity contribution in [2.24, 2.45) is 5.14 Å². The first-order valence-electron chi connectivity index (χ1n) is 7.50. The highest BCUT2D eigenvalue weighted by Crippen LogP contribution is 2.27. The maximum atomic E-state index is 11.5. The number of aryl methyl sites for hydroxylation is 1. The summed E-state index contributed by atoms with van der Waals surface area (Å²) in [4.78, 5) is 4.64. The van der Waals surface area contributed by atoms with Gasteiger partial charge in [-0.3, -0.25) is 0 Å². The molecule has 124 valence electrons. The highest BCUT2D eigenvalue weighted by molar-refractivity contribution is 7.99. The number of nitrogens with two attached hydrogens (primary N) is 1. The molecule has 0 saturated heterocycles. The van der Waals surface area contributed by atoms with E-state index in [2.05, 4.69) is 22.5 Å². The van der Waals surface area contributed by atoms with E-state index >= 15 is 0 Å². The maximum Gasteiger partial charge on any atom is 0.238 e. The average molecular weight is 352 g/mol. The van der Waals surface area contributed by atoms with Crippen molar-refractivity contribution in [1.29, 1.82) is 5.26 Å². The van der Waals surface area contributed by atoms with Crippen molar-refractivity contribution >= 4 is 32.8 Å². The minimum atomic E-state index is -3.73. The number of nitriles is 1. The Morgan fingerprint density at radius 1 is 1.39 bits per heavy atom. The molecule has 1 aromatic heterocycles. The predicted octanol–water partition coefficient (Wildman–Crippen LogP) is 2.88. The summed E-state index contributed by atoms with van der Waals surface area (Å²) in [5, 5.41) is 14.7. The number of thioether (sulfide) groups is 1. The molecule has 0 saturated carbocycles. The fourth-order valence-corrected chi connectivity index (χ4v) is 3.73. The summed E-state index contributed by atoms with van der Waals surface area (Å²) >= 11 is 1.60. The zero-order valence-electron chi connectivity index (χ0n) is 13.0. The Kier molecular flexibility index (Phi) is 6.04. The zero-order chi connectivity index (χ0) is 16.9. The van der Waals surface area contributed by atoms with Gasteiger partial charge < -0.3 is 4.57 Å². The number of hydrogen-bond acceptors (Lipinski definition) is 5. The van der Waals surface area contributed by atoms with E-state index in [0.717, 1.165) is 42.2 Å². The number of primary sulfonamides is 1. The Labute approximate surface area is 140 Å². The van der Waals surface area contributed by atoms with Gasteiger partial charge in [0, 0.05) is 18.7 Å². The molecule has 0 aliphatic carbocycles. The lowest BCUT2D eigenvalue weighted by Crippen LogP contribution is -2.11. The van der Waals surface area contributed by atoms with Crippen molar-refractivity contribution in [3.63, 3.8) is 0 Å². The van der Waals surface area contributed by atoms with Crippen LogP contribution in [0.3, 0.4) is 0 Å². The molecule has 0 unspecified atom stereocenters. The summed E-state index contributed by atoms with van der Waals surface area (Å²) in [6.07, 6.45) is 3.42. The molecule has 2 N–H and O–H groups in total. The highest BCUT2D eigenvalue weighted by atomic mass is 32.2. The Morgan fingerprint density at radius 3 is 2.83 bits per heavy atom. The average Bonchev–Trinajstić information content (AvgIpc) is 2.85. The van der Waals surface area contributed by atoms with Gasteiger partial charge in [-0.1, -0.05) is 25.1 Å². The van der Waals surface area contributed by atoms with Crippen LogP contribution in [0.1, 0.15) is 32.6 Å². The van der Waals surface area contributed by atoms with Crippen LogP contribution in [-0.4, -0.2) is 23.7 Å². The fourth-order valence-electron chi connectivity index (χ4n) is 2.22. The molecule has 6 nitrogen and oxygen atoms in total. The van der Waals surface area contributed by atoms with Crippen LogP contribution in [0, 0.1) is 11.3 Å². The normalized spacial score (nSPS) is 11.7. The van der Waals surface area contributed by atoms with Gasteiger partial charge in [0.2, 0.25) is 10.0 Å². The minimum absolute atomic E-state index is 0.0752. The number of unbranched alkanes of at least 4 members (excludes halogenated alkanes) is 2. The molecular formula is C15H20N4O2S2. The van der Waals surface area contributed by atoms with Crippen LogP contribution in [0.15, 0.2) is 28.3 Å². The number of fused-ring (bicyclic) bond motifs is 1. The molecule has 0 fully saturated rings. The van der Waals surface area contributed by atoms with Gasteiger partial charge in [-0.25, -0.2) is 18.5 Å². The molecule has 1 aromatic carbocycles. The van der Waals surface area contributed by atoms with E-state index in [1.165, 1.54) is 12.1 Å². The monoisotopic (exact) mass is 352 g/mol. The smallest absolute Gasteiger partial charge is 0.238 e. The molecular weight excluding hydrogens is 332 g/mol. The second-order valence-corrected chi connectivity index (χ2v) is 7.83. The van der Waals surface area contributed by atoms with Crippen LogP contribution in [0.5, 0.6) is 0 Å². The Hall–Kier alpha value is -1.56. The number of hydrogen-bond donors (Lipinski definition) is 1. The van der Waals surface area contributed by atoms with Crippen molar-refractivity contribution < 1.29 is 8.42 Å². The first-order valence-corrected chi connectivity index (χ1v) is 10.0. The molecule has 0 aliphatic heterocycles. The van der Waals surface area contributed by atoms with Gasteiger partial charge in [0.25, 0.3) is 0 Å². The molecule has 23 heavy (non-hydrogen) atoms. The fraction of sp³-hybridized carbons (Fsp3) is 0.467. The van der Waals surface area contributed by atoms with Crippen LogP contribution in [-0.2, 0) is 16.6 Å². The van der Waals surface area contributed by atoms with Crippen LogP contribution in [0.2, 0.25) is 0 Å². The quantitative estimate of drug-likeness (QED) is 0.581. The van der Waals surface area contributed by atoms with E-state index < -0.39 is 10.0 Å². The van der Waals surface area contributed by atoms with Crippen LogP contribution in [0.25, 0.3) is 11.0 Å². The molecule has 0 radical (unpaired) electrons. The summed E-state index contributed by atoms with van der Waals surface area (Å²) in [5.74, 6) is 0.811. The zero-order valence-corrected chi connectivity index (χ0v) is 14.7. The van der Waals surface area contributed by atoms with E-state index in [1.807, 2.05) is 0 Å². The molecule has 2 rings (SSSR count). The van der Waals surface area contributed by atoms with E-state index in [9.17, 15) is 8.42 Å². The number of nitrogens with zero attached hydrogens (tertiary/aromatic N) is 3. The third-order valence-corrected chi connectivity index (χ3v) is 5.39. The number of aromatic nitrogens is 2. The first-order chi connectivity index (χ1) is 11.0. The van der Waals surface area contributed by atoms with Gasteiger partial charge in [0.05, 0.1) is 22.0 Å². The molecule has 0 aliphatic rings. The summed E-state index contributed by atoms with van der Waals surface area (Å²) in [7, 11) is -3.73. The third kappa shape index (κ3) is 4.47. The molecule has 0 spiro atoms. The summed E-state index contributed by atoms with van der Waals surface area (Å²) < 4.78 is 25.1. The van der Waals surface area contributed by atoms with Crippen molar-refractivity contribution in [3.05, 3.63) is 18.2 Å². The molecule has 0 atom stereocenters. The lowest BCUT2D eigenvalue weighted by molar-refractivity contribution is 0.597. The van der Waals surface area contributed by atoms with Gasteiger partial charge in [-0.2, -0.15) is 5.26 Å². The van der Waals surface area contributed by atoms with Gasteiger partial charge in [-0.15, -0.1) is 0 Å². The predicted molar refractivity (Wildman–Crippen MR) is 91.6 cm³/mol. The summed E-state index contributed by atoms with van der Waals surface area (Å²) in [6, 6.07) is 6.93. The van der Waals surface area contributed by atoms with Gasteiger partial charge in [0.1, 0.15) is 0 Å². The molecule has 0 bridgehead atoms. The van der Waals surface area contributed by atoms with Crippen LogP contribution in [0.4, 0.5) is 0 Å². The largest absolute Gasteiger partial charge is 0.319 e. The van der Waals surface area contributed by atoms with Gasteiger partial charge in [0.15, 0.2) is 5.16 Å². The van der Waals surface area contributed by atoms with Crippen molar-refractivity contribution in [2.45, 2.75) is 49.2 Å². The topological polar surface area (TPSA) is 102 Å². The molecule has 8 heteroatoms. The van der Waals surface area contributed by atoms with E-state index in [0.29, 0.717) is 11.9 Å². The lowest BCUT2D eigenvalue weighted by atomic mass is 10.3. The summed E-state index contributed by atoms with van der Waals surface area (Å²) in [5.41, 5.74) is 1.55. The first kappa shape index (κ1) is 17.8. The molecule has 0 amide bonds. The Bertz CT molecular complexity index is 822. The van der Waals surface area contributed by atoms with Crippen LogP contribution < -0.4 is 5.14 Å². The standard InChI is InChI=1S/C15H20N4O2S2/c1-2-3-9-19-14-7-6-12(23(17,20)21)11-13(14)18-15(19)22-10-5-4-8-16/h6-7,11H,2-5,9-10H2,1H3,(H2,17,20,21). The van der Waals surface area contributed by atoms with E-state index in [4.69, 9.17) is 10.4 Å². The second-order valence-electron chi connectivity index (χ2n) is 5.21. The number of rotatable bonds is 8. The van der Waals surface area contributed by atoms with E-state index in [-0.39, 0.29) is 4.90 Å². The number of sulfonamides is 1. The minimum Gasteiger partial charge on any atom is -0.319 e. The second kappa shape index (κ2) is 7.81. The highest BCUT2D eigenvalue weighted by Gasteiger charge is 2.14.